The molecule has 7 nitrogen and oxygen atoms in total. The minimum Gasteiger partial charge on any atom is -0.321 e. The third-order valence-electron chi connectivity index (χ3n) is 4.98. The van der Waals surface area contributed by atoms with E-state index in [1.807, 2.05) is 0 Å². The summed E-state index contributed by atoms with van der Waals surface area (Å²) in [5, 5.41) is 2.53. The molecule has 1 atom stereocenters. The van der Waals surface area contributed by atoms with Crippen molar-refractivity contribution in [2.24, 2.45) is 0 Å². The molecule has 0 unspecified atom stereocenters. The first kappa shape index (κ1) is 18.9. The monoisotopic (exact) mass is 384 g/mol. The van der Waals surface area contributed by atoms with E-state index in [0.717, 1.165) is 18.9 Å². The fourth-order valence-electron chi connectivity index (χ4n) is 3.59. The predicted molar refractivity (Wildman–Crippen MR) is 99.3 cm³/mol. The molecule has 3 rings (SSSR count). The average molecular weight is 384 g/mol. The highest BCUT2D eigenvalue weighted by Crippen LogP contribution is 2.26. The predicted octanol–water partition coefficient (Wildman–Crippen LogP) is 2.29. The third kappa shape index (κ3) is 4.45. The molecule has 9 heteroatoms. The highest BCUT2D eigenvalue weighted by Gasteiger charge is 2.37. The average Bonchev–Trinajstić information content (AvgIpc) is 2.49. The van der Waals surface area contributed by atoms with Crippen molar-refractivity contribution in [3.8, 4) is 0 Å². The number of hydrogen-bond donors (Lipinski definition) is 2. The van der Waals surface area contributed by atoms with Crippen LogP contribution in [0.3, 0.4) is 0 Å². The lowest BCUT2D eigenvalue weighted by Crippen LogP contribution is -2.64. The van der Waals surface area contributed by atoms with Crippen LogP contribution in [0.15, 0.2) is 18.2 Å². The van der Waals surface area contributed by atoms with Crippen molar-refractivity contribution in [1.82, 2.24) is 9.80 Å². The molecule has 0 radical (unpaired) electrons. The van der Waals surface area contributed by atoms with Crippen LogP contribution in [0.1, 0.15) is 26.2 Å². The number of rotatable bonds is 4. The fraction of sp³-hybridized carbons (Fsp3) is 0.588. The highest BCUT2D eigenvalue weighted by atomic mass is 32.2. The number of halogens is 1. The number of carbonyl (C=O) groups excluding carboxylic acids is 1. The molecular weight excluding hydrogens is 359 g/mol. The molecule has 0 aromatic heterocycles. The molecule has 2 heterocycles. The van der Waals surface area contributed by atoms with Gasteiger partial charge in [0.25, 0.3) is 0 Å². The number of urea groups is 1. The third-order valence-corrected chi connectivity index (χ3v) is 5.59. The lowest BCUT2D eigenvalue weighted by atomic mass is 9.98. The van der Waals surface area contributed by atoms with Crippen LogP contribution >= 0.6 is 0 Å². The zero-order valence-electron chi connectivity index (χ0n) is 15.0. The first-order valence-electron chi connectivity index (χ1n) is 8.82. The van der Waals surface area contributed by atoms with Crippen molar-refractivity contribution < 1.29 is 17.6 Å². The molecule has 0 aliphatic carbocycles. The SMILES string of the molecule is C[C@@H]1CCCCN1C1CN(C(=O)Nc2cc(NS(C)(=O)=O)ccc2F)C1. The number of nitrogens with zero attached hydrogens (tertiary/aromatic N) is 2. The van der Waals surface area contributed by atoms with Crippen LogP contribution in [0.25, 0.3) is 0 Å². The maximum absolute atomic E-state index is 13.9. The topological polar surface area (TPSA) is 81.8 Å². The largest absolute Gasteiger partial charge is 0.322 e. The van der Waals surface area contributed by atoms with E-state index in [9.17, 15) is 17.6 Å². The van der Waals surface area contributed by atoms with Gasteiger partial charge in [-0.2, -0.15) is 0 Å². The van der Waals surface area contributed by atoms with Gasteiger partial charge in [-0.3, -0.25) is 9.62 Å². The van der Waals surface area contributed by atoms with Crippen LogP contribution in [-0.4, -0.2) is 62.2 Å². The van der Waals surface area contributed by atoms with Crippen molar-refractivity contribution in [1.29, 1.82) is 0 Å². The molecule has 0 spiro atoms. The molecular formula is C17H25FN4O3S. The van der Waals surface area contributed by atoms with E-state index in [-0.39, 0.29) is 17.4 Å². The van der Waals surface area contributed by atoms with Crippen molar-refractivity contribution >= 4 is 27.4 Å². The van der Waals surface area contributed by atoms with Crippen LogP contribution in [-0.2, 0) is 10.0 Å². The molecule has 0 bridgehead atoms. The summed E-state index contributed by atoms with van der Waals surface area (Å²) in [7, 11) is -3.47. The summed E-state index contributed by atoms with van der Waals surface area (Å²) < 4.78 is 38.8. The second-order valence-electron chi connectivity index (χ2n) is 7.14. The number of piperidine rings is 1. The molecule has 26 heavy (non-hydrogen) atoms. The zero-order valence-corrected chi connectivity index (χ0v) is 15.9. The number of likely N-dealkylation sites (tertiary alicyclic amines) is 2. The van der Waals surface area contributed by atoms with E-state index in [0.29, 0.717) is 25.2 Å². The van der Waals surface area contributed by atoms with E-state index in [1.165, 1.54) is 31.4 Å². The minimum absolute atomic E-state index is 0.0431. The molecule has 1 aromatic carbocycles. The molecule has 2 amide bonds. The number of amides is 2. The van der Waals surface area contributed by atoms with E-state index in [2.05, 4.69) is 21.9 Å². The van der Waals surface area contributed by atoms with Crippen LogP contribution in [0.4, 0.5) is 20.6 Å². The van der Waals surface area contributed by atoms with Gasteiger partial charge in [0.05, 0.1) is 17.6 Å². The number of carbonyl (C=O) groups is 1. The zero-order chi connectivity index (χ0) is 18.9. The Balaban J connectivity index is 1.58. The molecule has 2 saturated heterocycles. The molecule has 2 aliphatic rings. The van der Waals surface area contributed by atoms with Crippen molar-refractivity contribution in [2.75, 3.05) is 35.9 Å². The number of hydrogen-bond acceptors (Lipinski definition) is 4. The number of anilines is 2. The van der Waals surface area contributed by atoms with Gasteiger partial charge >= 0.3 is 6.03 Å². The van der Waals surface area contributed by atoms with E-state index >= 15 is 0 Å². The fourth-order valence-corrected chi connectivity index (χ4v) is 4.14. The second-order valence-corrected chi connectivity index (χ2v) is 8.89. The van der Waals surface area contributed by atoms with Gasteiger partial charge < -0.3 is 10.2 Å². The molecule has 2 N–H and O–H groups in total. The van der Waals surface area contributed by atoms with Crippen LogP contribution in [0.5, 0.6) is 0 Å². The molecule has 2 aliphatic heterocycles. The first-order valence-corrected chi connectivity index (χ1v) is 10.7. The maximum Gasteiger partial charge on any atom is 0.322 e. The van der Waals surface area contributed by atoms with Crippen LogP contribution in [0.2, 0.25) is 0 Å². The standard InChI is InChI=1S/C17H25FN4O3S/c1-12-5-3-4-8-22(12)14-10-21(11-14)17(23)19-16-9-13(6-7-15(16)18)20-26(2,24)25/h6-7,9,12,14,20H,3-5,8,10-11H2,1-2H3,(H,19,23)/t12-/m1/s1. The van der Waals surface area contributed by atoms with Gasteiger partial charge in [0.2, 0.25) is 10.0 Å². The van der Waals surface area contributed by atoms with Gasteiger partial charge in [-0.05, 0) is 44.5 Å². The summed E-state index contributed by atoms with van der Waals surface area (Å²) in [4.78, 5) is 16.4. The Labute approximate surface area is 153 Å². The Morgan fingerprint density at radius 1 is 1.27 bits per heavy atom. The Morgan fingerprint density at radius 2 is 2.00 bits per heavy atom. The van der Waals surface area contributed by atoms with E-state index < -0.39 is 15.8 Å². The molecule has 0 saturated carbocycles. The molecule has 144 valence electrons. The van der Waals surface area contributed by atoms with Crippen LogP contribution < -0.4 is 10.0 Å². The lowest BCUT2D eigenvalue weighted by molar-refractivity contribution is 0.0199. The van der Waals surface area contributed by atoms with E-state index in [4.69, 9.17) is 0 Å². The molecule has 2 fully saturated rings. The van der Waals surface area contributed by atoms with Gasteiger partial charge in [0.15, 0.2) is 0 Å². The van der Waals surface area contributed by atoms with Crippen molar-refractivity contribution in [3.63, 3.8) is 0 Å². The lowest BCUT2D eigenvalue weighted by Gasteiger charge is -2.49. The summed E-state index contributed by atoms with van der Waals surface area (Å²) in [6, 6.07) is 4.23. The van der Waals surface area contributed by atoms with Crippen LogP contribution in [0, 0.1) is 5.82 Å². The summed E-state index contributed by atoms with van der Waals surface area (Å²) in [6.07, 6.45) is 4.65. The summed E-state index contributed by atoms with van der Waals surface area (Å²) in [5.41, 5.74) is 0.159. The smallest absolute Gasteiger partial charge is 0.321 e. The van der Waals surface area contributed by atoms with Gasteiger partial charge in [-0.25, -0.2) is 17.6 Å². The second kappa shape index (κ2) is 7.40. The Kier molecular flexibility index (Phi) is 5.38. The Bertz CT molecular complexity index is 780. The Morgan fingerprint density at radius 3 is 2.65 bits per heavy atom. The van der Waals surface area contributed by atoms with Gasteiger partial charge in [0.1, 0.15) is 5.82 Å². The first-order chi connectivity index (χ1) is 12.2. The number of benzene rings is 1. The number of nitrogens with one attached hydrogen (secondary N) is 2. The summed E-state index contributed by atoms with van der Waals surface area (Å²) in [6.45, 7) is 4.53. The number of sulfonamides is 1. The minimum atomic E-state index is -3.47. The molecule has 1 aromatic rings. The summed E-state index contributed by atoms with van der Waals surface area (Å²) >= 11 is 0. The van der Waals surface area contributed by atoms with Crippen molar-refractivity contribution in [3.05, 3.63) is 24.0 Å². The van der Waals surface area contributed by atoms with Crippen molar-refractivity contribution in [2.45, 2.75) is 38.3 Å². The quantitative estimate of drug-likeness (QED) is 0.835. The summed E-state index contributed by atoms with van der Waals surface area (Å²) in [5.74, 6) is -0.612. The maximum atomic E-state index is 13.9. The highest BCUT2D eigenvalue weighted by molar-refractivity contribution is 7.92. The van der Waals surface area contributed by atoms with E-state index in [1.54, 1.807) is 4.90 Å². The van der Waals surface area contributed by atoms with Gasteiger partial charge in [-0.1, -0.05) is 6.42 Å². The normalized spacial score (nSPS) is 22.0. The van der Waals surface area contributed by atoms with Gasteiger partial charge in [0, 0.05) is 25.2 Å². The Hall–Kier alpha value is -1.87. The van der Waals surface area contributed by atoms with Gasteiger partial charge in [-0.15, -0.1) is 0 Å².